The number of hydrogen-bond donors (Lipinski definition) is 1. The van der Waals surface area contributed by atoms with Gasteiger partial charge in [-0.25, -0.2) is 13.1 Å². The fraction of sp³-hybridized carbons (Fsp3) is 0.571. The van der Waals surface area contributed by atoms with Gasteiger partial charge >= 0.3 is 0 Å². The molecule has 1 heterocycles. The van der Waals surface area contributed by atoms with E-state index in [1.807, 2.05) is 26.0 Å². The Kier molecular flexibility index (Phi) is 4.60. The van der Waals surface area contributed by atoms with E-state index < -0.39 is 10.0 Å². The Hall–Kier alpha value is -0.910. The average Bonchev–Trinajstić information content (AvgIpc) is 2.85. The normalized spacial score (nSPS) is 19.8. The lowest BCUT2D eigenvalue weighted by molar-refractivity contribution is 0.105. The molecule has 5 heteroatoms. The van der Waals surface area contributed by atoms with Crippen LogP contribution in [0.5, 0.6) is 0 Å². The summed E-state index contributed by atoms with van der Waals surface area (Å²) in [6.45, 7) is 4.94. The van der Waals surface area contributed by atoms with Crippen molar-refractivity contribution in [1.29, 1.82) is 0 Å². The maximum Gasteiger partial charge on any atom is 0.240 e. The maximum atomic E-state index is 12.2. The van der Waals surface area contributed by atoms with E-state index in [0.717, 1.165) is 37.0 Å². The third-order valence-corrected chi connectivity index (χ3v) is 5.02. The highest BCUT2D eigenvalue weighted by Gasteiger charge is 2.19. The van der Waals surface area contributed by atoms with Crippen molar-refractivity contribution in [3.63, 3.8) is 0 Å². The summed E-state index contributed by atoms with van der Waals surface area (Å²) in [6, 6.07) is 5.47. The third-order valence-electron chi connectivity index (χ3n) is 3.42. The third kappa shape index (κ3) is 3.78. The minimum absolute atomic E-state index is 0.210. The molecule has 1 aromatic rings. The van der Waals surface area contributed by atoms with Crippen LogP contribution in [0.3, 0.4) is 0 Å². The van der Waals surface area contributed by atoms with Crippen LogP contribution in [0.4, 0.5) is 0 Å². The lowest BCUT2D eigenvalue weighted by atomic mass is 10.2. The number of benzene rings is 1. The Morgan fingerprint density at radius 3 is 2.84 bits per heavy atom. The lowest BCUT2D eigenvalue weighted by Gasteiger charge is -2.12. The summed E-state index contributed by atoms with van der Waals surface area (Å²) in [5.41, 5.74) is 1.72. The molecule has 1 aromatic carbocycles. The number of aryl methyl sites for hydroxylation is 2. The van der Waals surface area contributed by atoms with Crippen molar-refractivity contribution >= 4 is 10.0 Å². The summed E-state index contributed by atoms with van der Waals surface area (Å²) in [5.74, 6) is 0. The second kappa shape index (κ2) is 6.03. The van der Waals surface area contributed by atoms with Crippen LogP contribution in [0.2, 0.25) is 0 Å². The maximum absolute atomic E-state index is 12.2. The molecule has 2 rings (SSSR count). The first-order valence-electron chi connectivity index (χ1n) is 6.67. The van der Waals surface area contributed by atoms with Crippen molar-refractivity contribution < 1.29 is 13.2 Å². The van der Waals surface area contributed by atoms with Crippen molar-refractivity contribution in [3.05, 3.63) is 29.3 Å². The molecule has 0 bridgehead atoms. The Morgan fingerprint density at radius 1 is 1.37 bits per heavy atom. The quantitative estimate of drug-likeness (QED) is 0.901. The van der Waals surface area contributed by atoms with E-state index in [2.05, 4.69) is 4.72 Å². The highest BCUT2D eigenvalue weighted by atomic mass is 32.2. The van der Waals surface area contributed by atoms with Crippen LogP contribution in [0.25, 0.3) is 0 Å². The van der Waals surface area contributed by atoms with Gasteiger partial charge < -0.3 is 4.74 Å². The Labute approximate surface area is 115 Å². The summed E-state index contributed by atoms with van der Waals surface area (Å²) in [4.78, 5) is 0.375. The highest BCUT2D eigenvalue weighted by molar-refractivity contribution is 7.89. The zero-order chi connectivity index (χ0) is 13.9. The summed E-state index contributed by atoms with van der Waals surface area (Å²) in [6.07, 6.45) is 3.06. The van der Waals surface area contributed by atoms with Gasteiger partial charge in [-0.15, -0.1) is 0 Å². The molecule has 1 saturated heterocycles. The Bertz CT molecular complexity index is 534. The van der Waals surface area contributed by atoms with Crippen molar-refractivity contribution in [3.8, 4) is 0 Å². The first kappa shape index (κ1) is 14.5. The van der Waals surface area contributed by atoms with Crippen LogP contribution in [0, 0.1) is 13.8 Å². The molecular formula is C14H21NO3S. The fourth-order valence-electron chi connectivity index (χ4n) is 2.30. The first-order chi connectivity index (χ1) is 8.99. The number of sulfonamides is 1. The molecule has 19 heavy (non-hydrogen) atoms. The lowest BCUT2D eigenvalue weighted by Crippen LogP contribution is -2.27. The van der Waals surface area contributed by atoms with E-state index in [1.54, 1.807) is 6.07 Å². The van der Waals surface area contributed by atoms with Gasteiger partial charge in [-0.1, -0.05) is 12.1 Å². The van der Waals surface area contributed by atoms with E-state index in [-0.39, 0.29) is 6.10 Å². The fourth-order valence-corrected chi connectivity index (χ4v) is 3.68. The molecule has 106 valence electrons. The zero-order valence-corrected chi connectivity index (χ0v) is 12.3. The molecule has 1 atom stereocenters. The van der Waals surface area contributed by atoms with E-state index in [1.165, 1.54) is 0 Å². The number of nitrogens with one attached hydrogen (secondary N) is 1. The van der Waals surface area contributed by atoms with Crippen LogP contribution in [-0.4, -0.2) is 27.7 Å². The average molecular weight is 283 g/mol. The molecule has 1 aliphatic rings. The van der Waals surface area contributed by atoms with Gasteiger partial charge in [-0.05, 0) is 50.3 Å². The largest absolute Gasteiger partial charge is 0.378 e. The predicted molar refractivity (Wildman–Crippen MR) is 74.7 cm³/mol. The van der Waals surface area contributed by atoms with Gasteiger partial charge in [-0.2, -0.15) is 0 Å². The van der Waals surface area contributed by atoms with Crippen LogP contribution in [0.15, 0.2) is 23.1 Å². The standard InChI is InChI=1S/C14H21NO3S/c1-11-5-6-12(2)14(10-11)19(16,17)15-8-7-13-4-3-9-18-13/h5-6,10,13,15H,3-4,7-9H2,1-2H3. The molecule has 0 aliphatic carbocycles. The van der Waals surface area contributed by atoms with E-state index in [0.29, 0.717) is 11.4 Å². The minimum atomic E-state index is -3.41. The molecule has 1 aliphatic heterocycles. The number of hydrogen-bond acceptors (Lipinski definition) is 3. The van der Waals surface area contributed by atoms with Crippen molar-refractivity contribution in [2.45, 2.75) is 44.1 Å². The van der Waals surface area contributed by atoms with Gasteiger partial charge in [0.1, 0.15) is 0 Å². The second-order valence-electron chi connectivity index (χ2n) is 5.09. The van der Waals surface area contributed by atoms with E-state index in [9.17, 15) is 8.42 Å². The van der Waals surface area contributed by atoms with Crippen molar-refractivity contribution in [2.24, 2.45) is 0 Å². The van der Waals surface area contributed by atoms with Gasteiger partial charge in [0.25, 0.3) is 0 Å². The molecule has 1 N–H and O–H groups in total. The minimum Gasteiger partial charge on any atom is -0.378 e. The number of rotatable bonds is 5. The van der Waals surface area contributed by atoms with Crippen molar-refractivity contribution in [1.82, 2.24) is 4.72 Å². The zero-order valence-electron chi connectivity index (χ0n) is 11.5. The summed E-state index contributed by atoms with van der Waals surface area (Å²) in [5, 5.41) is 0. The molecule has 4 nitrogen and oxygen atoms in total. The van der Waals surface area contributed by atoms with Crippen LogP contribution < -0.4 is 4.72 Å². The predicted octanol–water partition coefficient (Wildman–Crippen LogP) is 2.15. The summed E-state index contributed by atoms with van der Waals surface area (Å²) >= 11 is 0. The second-order valence-corrected chi connectivity index (χ2v) is 6.83. The van der Waals surface area contributed by atoms with Gasteiger partial charge in [0.2, 0.25) is 10.0 Å². The topological polar surface area (TPSA) is 55.4 Å². The van der Waals surface area contributed by atoms with Gasteiger partial charge in [-0.3, -0.25) is 0 Å². The molecule has 1 fully saturated rings. The van der Waals surface area contributed by atoms with E-state index >= 15 is 0 Å². The smallest absolute Gasteiger partial charge is 0.240 e. The molecule has 0 radical (unpaired) electrons. The Balaban J connectivity index is 1.99. The van der Waals surface area contributed by atoms with Crippen LogP contribution >= 0.6 is 0 Å². The van der Waals surface area contributed by atoms with Crippen molar-refractivity contribution in [2.75, 3.05) is 13.2 Å². The van der Waals surface area contributed by atoms with Crippen LogP contribution in [-0.2, 0) is 14.8 Å². The number of ether oxygens (including phenoxy) is 1. The van der Waals surface area contributed by atoms with Gasteiger partial charge in [0.05, 0.1) is 11.0 Å². The highest BCUT2D eigenvalue weighted by Crippen LogP contribution is 2.18. The SMILES string of the molecule is Cc1ccc(C)c(S(=O)(=O)NCCC2CCCO2)c1. The summed E-state index contributed by atoms with van der Waals surface area (Å²) in [7, 11) is -3.41. The molecule has 0 spiro atoms. The van der Waals surface area contributed by atoms with Gasteiger partial charge in [0.15, 0.2) is 0 Å². The molecule has 1 unspecified atom stereocenters. The molecule has 0 amide bonds. The molecule has 0 aromatic heterocycles. The van der Waals surface area contributed by atoms with Crippen LogP contribution in [0.1, 0.15) is 30.4 Å². The molecular weight excluding hydrogens is 262 g/mol. The first-order valence-corrected chi connectivity index (χ1v) is 8.16. The van der Waals surface area contributed by atoms with Gasteiger partial charge in [0, 0.05) is 13.2 Å². The monoisotopic (exact) mass is 283 g/mol. The molecule has 0 saturated carbocycles. The van der Waals surface area contributed by atoms with E-state index in [4.69, 9.17) is 4.74 Å². The Morgan fingerprint density at radius 2 is 2.16 bits per heavy atom. The summed E-state index contributed by atoms with van der Waals surface area (Å²) < 4.78 is 32.6.